The highest BCUT2D eigenvalue weighted by Crippen LogP contribution is 2.34. The van der Waals surface area contributed by atoms with Crippen LogP contribution in [0.1, 0.15) is 36.5 Å². The number of benzene rings is 3. The molecule has 5 rings (SSSR count). The summed E-state index contributed by atoms with van der Waals surface area (Å²) in [6, 6.07) is 15.1. The van der Waals surface area contributed by atoms with E-state index in [0.717, 1.165) is 16.9 Å². The third kappa shape index (κ3) is 6.30. The van der Waals surface area contributed by atoms with Crippen LogP contribution in [-0.2, 0) is 9.53 Å². The lowest BCUT2D eigenvalue weighted by atomic mass is 9.96. The molecule has 0 aliphatic carbocycles. The SMILES string of the molecule is COc1cc(C)c(-c2nc3ccccc3c(=O)n2N=Cc2ccc(OCC(=O)N3CCOCC3)c([N+](=O)[O-])c2)cc1C(C)C. The second-order valence-corrected chi connectivity index (χ2v) is 10.6. The number of hydrogen-bond acceptors (Lipinski definition) is 9. The van der Waals surface area contributed by atoms with Gasteiger partial charge in [-0.1, -0.05) is 26.0 Å². The Morgan fingerprint density at radius 2 is 1.89 bits per heavy atom. The van der Waals surface area contributed by atoms with Gasteiger partial charge < -0.3 is 19.1 Å². The van der Waals surface area contributed by atoms with Crippen molar-refractivity contribution in [1.29, 1.82) is 0 Å². The molecule has 3 aromatic carbocycles. The average Bonchev–Trinajstić information content (AvgIpc) is 3.03. The maximum atomic E-state index is 13.7. The molecular weight excluding hydrogens is 566 g/mol. The van der Waals surface area contributed by atoms with Crippen molar-refractivity contribution in [1.82, 2.24) is 14.6 Å². The topological polar surface area (TPSA) is 138 Å². The number of hydrogen-bond donors (Lipinski definition) is 0. The summed E-state index contributed by atoms with van der Waals surface area (Å²) in [6.07, 6.45) is 1.36. The molecule has 2 heterocycles. The maximum Gasteiger partial charge on any atom is 0.311 e. The van der Waals surface area contributed by atoms with Crippen molar-refractivity contribution in [3.8, 4) is 22.9 Å². The lowest BCUT2D eigenvalue weighted by Crippen LogP contribution is -2.43. The number of nitrogens with zero attached hydrogens (tertiary/aromatic N) is 5. The van der Waals surface area contributed by atoms with Gasteiger partial charge in [0.2, 0.25) is 0 Å². The van der Waals surface area contributed by atoms with Crippen molar-refractivity contribution >= 4 is 28.7 Å². The van der Waals surface area contributed by atoms with Crippen molar-refractivity contribution in [3.05, 3.63) is 91.8 Å². The molecule has 1 saturated heterocycles. The van der Waals surface area contributed by atoms with E-state index in [2.05, 4.69) is 18.9 Å². The van der Waals surface area contributed by atoms with Crippen LogP contribution in [0, 0.1) is 17.0 Å². The predicted molar refractivity (Wildman–Crippen MR) is 166 cm³/mol. The van der Waals surface area contributed by atoms with Crippen LogP contribution in [0.25, 0.3) is 22.3 Å². The van der Waals surface area contributed by atoms with Gasteiger partial charge in [-0.25, -0.2) is 4.98 Å². The molecule has 0 N–H and O–H groups in total. The van der Waals surface area contributed by atoms with E-state index < -0.39 is 4.92 Å². The second kappa shape index (κ2) is 13.0. The summed E-state index contributed by atoms with van der Waals surface area (Å²) in [5.41, 5.74) is 2.63. The van der Waals surface area contributed by atoms with Gasteiger partial charge in [-0.3, -0.25) is 19.7 Å². The Balaban J connectivity index is 1.53. The molecule has 0 spiro atoms. The van der Waals surface area contributed by atoms with Gasteiger partial charge in [0, 0.05) is 30.3 Å². The number of nitro groups is 1. The third-order valence-electron chi connectivity index (χ3n) is 7.41. The van der Waals surface area contributed by atoms with E-state index in [4.69, 9.17) is 19.2 Å². The van der Waals surface area contributed by atoms with Gasteiger partial charge in [0.05, 0.1) is 42.4 Å². The van der Waals surface area contributed by atoms with Gasteiger partial charge in [0.1, 0.15) is 5.75 Å². The number of ether oxygens (including phenoxy) is 3. The van der Waals surface area contributed by atoms with E-state index in [0.29, 0.717) is 54.2 Å². The van der Waals surface area contributed by atoms with Crippen LogP contribution in [0.2, 0.25) is 0 Å². The maximum absolute atomic E-state index is 13.7. The first kappa shape index (κ1) is 30.4. The molecule has 0 radical (unpaired) electrons. The minimum atomic E-state index is -0.588. The van der Waals surface area contributed by atoms with Gasteiger partial charge in [0.25, 0.3) is 11.5 Å². The second-order valence-electron chi connectivity index (χ2n) is 10.6. The molecule has 228 valence electrons. The Labute approximate surface area is 253 Å². The Morgan fingerprint density at radius 1 is 1.14 bits per heavy atom. The largest absolute Gasteiger partial charge is 0.496 e. The summed E-state index contributed by atoms with van der Waals surface area (Å²) >= 11 is 0. The van der Waals surface area contributed by atoms with E-state index >= 15 is 0 Å². The average molecular weight is 600 g/mol. The van der Waals surface area contributed by atoms with Crippen molar-refractivity contribution < 1.29 is 23.9 Å². The number of aromatic nitrogens is 2. The summed E-state index contributed by atoms with van der Waals surface area (Å²) < 4.78 is 17.6. The Morgan fingerprint density at radius 3 is 2.59 bits per heavy atom. The number of rotatable bonds is 9. The molecule has 1 aliphatic rings. The van der Waals surface area contributed by atoms with Gasteiger partial charge in [-0.15, -0.1) is 0 Å². The lowest BCUT2D eigenvalue weighted by molar-refractivity contribution is -0.385. The quantitative estimate of drug-likeness (QED) is 0.155. The summed E-state index contributed by atoms with van der Waals surface area (Å²) in [6.45, 7) is 7.43. The smallest absolute Gasteiger partial charge is 0.311 e. The minimum absolute atomic E-state index is 0.0472. The van der Waals surface area contributed by atoms with Crippen LogP contribution < -0.4 is 15.0 Å². The molecule has 0 atom stereocenters. The fourth-order valence-electron chi connectivity index (χ4n) is 5.02. The lowest BCUT2D eigenvalue weighted by Gasteiger charge is -2.26. The molecule has 1 aromatic heterocycles. The molecule has 1 amide bonds. The molecule has 0 saturated carbocycles. The Bertz CT molecular complexity index is 1810. The molecular formula is C32H33N5O7. The Kier molecular flexibility index (Phi) is 9.00. The number of methoxy groups -OCH3 is 1. The third-order valence-corrected chi connectivity index (χ3v) is 7.41. The first-order valence-electron chi connectivity index (χ1n) is 14.2. The zero-order chi connectivity index (χ0) is 31.4. The number of nitro benzene ring substituents is 1. The first-order valence-corrected chi connectivity index (χ1v) is 14.2. The predicted octanol–water partition coefficient (Wildman–Crippen LogP) is 4.53. The zero-order valence-corrected chi connectivity index (χ0v) is 25.0. The van der Waals surface area contributed by atoms with Crippen molar-refractivity contribution in [2.45, 2.75) is 26.7 Å². The monoisotopic (exact) mass is 599 g/mol. The van der Waals surface area contributed by atoms with E-state index in [1.807, 2.05) is 25.1 Å². The van der Waals surface area contributed by atoms with Crippen LogP contribution in [-0.4, -0.2) is 71.6 Å². The van der Waals surface area contributed by atoms with Crippen LogP contribution in [0.4, 0.5) is 5.69 Å². The number of amides is 1. The highest BCUT2D eigenvalue weighted by molar-refractivity contribution is 5.84. The summed E-state index contributed by atoms with van der Waals surface area (Å²) in [5.74, 6) is 0.870. The molecule has 1 fully saturated rings. The summed E-state index contributed by atoms with van der Waals surface area (Å²) in [4.78, 5) is 43.9. The highest BCUT2D eigenvalue weighted by Gasteiger charge is 2.22. The number of aryl methyl sites for hydroxylation is 1. The fraction of sp³-hybridized carbons (Fsp3) is 0.312. The normalized spacial score (nSPS) is 13.5. The standard InChI is InChI=1S/C32H33N5O7/c1-20(2)24-17-25(21(3)15-29(24)42-4)31-34-26-8-6-5-7-23(26)32(39)36(31)33-18-22-9-10-28(27(16-22)37(40)41)44-19-30(38)35-11-13-43-14-12-35/h5-10,15-18,20H,11-14,19H2,1-4H3. The number of para-hydroxylation sites is 1. The summed E-state index contributed by atoms with van der Waals surface area (Å²) in [5, 5.41) is 16.8. The molecule has 0 bridgehead atoms. The number of fused-ring (bicyclic) bond motifs is 1. The van der Waals surface area contributed by atoms with Gasteiger partial charge in [-0.05, 0) is 60.4 Å². The van der Waals surface area contributed by atoms with Gasteiger partial charge in [0.15, 0.2) is 18.2 Å². The molecule has 44 heavy (non-hydrogen) atoms. The van der Waals surface area contributed by atoms with Gasteiger partial charge in [-0.2, -0.15) is 9.78 Å². The van der Waals surface area contributed by atoms with Crippen molar-refractivity contribution in [2.75, 3.05) is 40.0 Å². The number of carbonyl (C=O) groups is 1. The van der Waals surface area contributed by atoms with Crippen molar-refractivity contribution in [2.24, 2.45) is 5.10 Å². The minimum Gasteiger partial charge on any atom is -0.496 e. The van der Waals surface area contributed by atoms with Crippen LogP contribution in [0.3, 0.4) is 0 Å². The van der Waals surface area contributed by atoms with E-state index in [1.165, 1.54) is 23.0 Å². The number of carbonyl (C=O) groups excluding carboxylic acids is 1. The van der Waals surface area contributed by atoms with E-state index in [-0.39, 0.29) is 35.4 Å². The first-order chi connectivity index (χ1) is 21.2. The zero-order valence-electron chi connectivity index (χ0n) is 25.0. The molecule has 1 aliphatic heterocycles. The van der Waals surface area contributed by atoms with Crippen molar-refractivity contribution in [3.63, 3.8) is 0 Å². The number of morpholine rings is 1. The summed E-state index contributed by atoms with van der Waals surface area (Å²) in [7, 11) is 1.62. The van der Waals surface area contributed by atoms with Gasteiger partial charge >= 0.3 is 5.69 Å². The van der Waals surface area contributed by atoms with Crippen LogP contribution in [0.5, 0.6) is 11.5 Å². The fourth-order valence-corrected chi connectivity index (χ4v) is 5.02. The molecule has 0 unspecified atom stereocenters. The highest BCUT2D eigenvalue weighted by atomic mass is 16.6. The van der Waals surface area contributed by atoms with E-state index in [1.54, 1.807) is 36.3 Å². The van der Waals surface area contributed by atoms with Crippen LogP contribution in [0.15, 0.2) is 64.5 Å². The molecule has 12 nitrogen and oxygen atoms in total. The van der Waals surface area contributed by atoms with Crippen LogP contribution >= 0.6 is 0 Å². The van der Waals surface area contributed by atoms with E-state index in [9.17, 15) is 19.7 Å². The molecule has 4 aromatic rings. The Hall–Kier alpha value is -5.10. The molecule has 12 heteroatoms.